The van der Waals surface area contributed by atoms with E-state index >= 15 is 0 Å². The van der Waals surface area contributed by atoms with Crippen molar-refractivity contribution in [3.63, 3.8) is 0 Å². The molecule has 3 aromatic rings. The molecule has 0 saturated carbocycles. The van der Waals surface area contributed by atoms with Gasteiger partial charge in [-0.1, -0.05) is 0 Å². The number of piperidine rings is 1. The van der Waals surface area contributed by atoms with Crippen LogP contribution in [0.2, 0.25) is 0 Å². The number of aliphatic hydroxyl groups is 3. The van der Waals surface area contributed by atoms with E-state index in [0.29, 0.717) is 79.2 Å². The SMILES string of the molecule is COc1ccc2ncc(CO)c([C@@H](O)CCC3(CO)CCN(CCOc4cc(F)cc(F)c4F)CC3)c2c1. The highest BCUT2D eigenvalue weighted by Gasteiger charge is 2.35. The van der Waals surface area contributed by atoms with Gasteiger partial charge in [-0.15, -0.1) is 0 Å². The molecule has 0 unspecified atom stereocenters. The fourth-order valence-electron chi connectivity index (χ4n) is 5.13. The highest BCUT2D eigenvalue weighted by molar-refractivity contribution is 5.85. The first-order valence-corrected chi connectivity index (χ1v) is 12.6. The minimum absolute atomic E-state index is 0.0321. The number of pyridine rings is 1. The minimum atomic E-state index is -1.29. The largest absolute Gasteiger partial charge is 0.497 e. The van der Waals surface area contributed by atoms with Crippen molar-refractivity contribution in [3.05, 3.63) is 65.1 Å². The summed E-state index contributed by atoms with van der Waals surface area (Å²) in [5.74, 6) is -3.25. The first-order chi connectivity index (χ1) is 18.3. The van der Waals surface area contributed by atoms with E-state index in [4.69, 9.17) is 9.47 Å². The van der Waals surface area contributed by atoms with E-state index < -0.39 is 29.3 Å². The van der Waals surface area contributed by atoms with Gasteiger partial charge in [-0.2, -0.15) is 4.39 Å². The standard InChI is InChI=1S/C28H33F3N2O5/c1-37-20-2-3-23-21(14-20)26(18(16-34)15-32-23)24(36)4-5-28(17-35)6-8-33(9-7-28)10-11-38-25-13-19(29)12-22(30)27(25)31/h2-3,12-15,24,34-36H,4-11,16-17H2,1H3/t24-/m0/s1. The zero-order chi connectivity index (χ0) is 27.3. The van der Waals surface area contributed by atoms with Crippen LogP contribution in [0.5, 0.6) is 11.5 Å². The van der Waals surface area contributed by atoms with Gasteiger partial charge in [0.1, 0.15) is 18.2 Å². The molecule has 206 valence electrons. The summed E-state index contributed by atoms with van der Waals surface area (Å²) in [7, 11) is 1.56. The molecule has 4 rings (SSSR count). The molecule has 2 aromatic carbocycles. The number of aliphatic hydroxyl groups excluding tert-OH is 3. The first-order valence-electron chi connectivity index (χ1n) is 12.6. The predicted octanol–water partition coefficient (Wildman–Crippen LogP) is 4.12. The number of hydrogen-bond donors (Lipinski definition) is 3. The van der Waals surface area contributed by atoms with Crippen LogP contribution < -0.4 is 9.47 Å². The van der Waals surface area contributed by atoms with Gasteiger partial charge < -0.3 is 24.8 Å². The number of fused-ring (bicyclic) bond motifs is 1. The summed E-state index contributed by atoms with van der Waals surface area (Å²) in [5.41, 5.74) is 1.46. The van der Waals surface area contributed by atoms with Crippen LogP contribution in [0.15, 0.2) is 36.5 Å². The second-order valence-electron chi connectivity index (χ2n) is 9.84. The second-order valence-corrected chi connectivity index (χ2v) is 9.84. The Bertz CT molecular complexity index is 1250. The number of nitrogens with zero attached hydrogens (tertiary/aromatic N) is 2. The number of ether oxygens (including phenoxy) is 2. The molecular weight excluding hydrogens is 501 g/mol. The third kappa shape index (κ3) is 6.20. The van der Waals surface area contributed by atoms with Gasteiger partial charge >= 0.3 is 0 Å². The van der Waals surface area contributed by atoms with E-state index in [0.717, 1.165) is 6.07 Å². The van der Waals surface area contributed by atoms with Crippen LogP contribution in [0.4, 0.5) is 13.2 Å². The fraction of sp³-hybridized carbons (Fsp3) is 0.464. The number of aromatic nitrogens is 1. The zero-order valence-electron chi connectivity index (χ0n) is 21.3. The molecule has 1 saturated heterocycles. The summed E-state index contributed by atoms with van der Waals surface area (Å²) in [6.45, 7) is 1.50. The van der Waals surface area contributed by atoms with E-state index in [-0.39, 0.29) is 25.2 Å². The third-order valence-corrected chi connectivity index (χ3v) is 7.53. The van der Waals surface area contributed by atoms with Gasteiger partial charge in [0.2, 0.25) is 5.82 Å². The summed E-state index contributed by atoms with van der Waals surface area (Å²) in [6, 6.07) is 6.68. The minimum Gasteiger partial charge on any atom is -0.497 e. The van der Waals surface area contributed by atoms with Crippen molar-refractivity contribution in [2.75, 3.05) is 40.0 Å². The van der Waals surface area contributed by atoms with Gasteiger partial charge in [0.15, 0.2) is 11.6 Å². The molecule has 0 amide bonds. The predicted molar refractivity (Wildman–Crippen MR) is 135 cm³/mol. The highest BCUT2D eigenvalue weighted by atomic mass is 19.2. The Morgan fingerprint density at radius 3 is 2.55 bits per heavy atom. The van der Waals surface area contributed by atoms with Gasteiger partial charge in [-0.25, -0.2) is 8.78 Å². The Balaban J connectivity index is 1.35. The summed E-state index contributed by atoms with van der Waals surface area (Å²) in [4.78, 5) is 6.46. The molecule has 10 heteroatoms. The smallest absolute Gasteiger partial charge is 0.200 e. The lowest BCUT2D eigenvalue weighted by Gasteiger charge is -2.41. The molecule has 1 atom stereocenters. The Morgan fingerprint density at radius 2 is 1.87 bits per heavy atom. The maximum Gasteiger partial charge on any atom is 0.200 e. The Morgan fingerprint density at radius 1 is 1.11 bits per heavy atom. The lowest BCUT2D eigenvalue weighted by Crippen LogP contribution is -2.43. The van der Waals surface area contributed by atoms with Crippen LogP contribution >= 0.6 is 0 Å². The van der Waals surface area contributed by atoms with Crippen LogP contribution in [0.3, 0.4) is 0 Å². The maximum absolute atomic E-state index is 13.8. The molecule has 1 aliphatic rings. The lowest BCUT2D eigenvalue weighted by atomic mass is 9.74. The van der Waals surface area contributed by atoms with E-state index in [9.17, 15) is 28.5 Å². The van der Waals surface area contributed by atoms with Gasteiger partial charge in [-0.05, 0) is 68.0 Å². The maximum atomic E-state index is 13.8. The number of likely N-dealkylation sites (tertiary alicyclic amines) is 1. The molecule has 1 aromatic heterocycles. The van der Waals surface area contributed by atoms with Crippen molar-refractivity contribution in [1.82, 2.24) is 9.88 Å². The third-order valence-electron chi connectivity index (χ3n) is 7.53. The van der Waals surface area contributed by atoms with Gasteiger partial charge in [0.05, 0.1) is 25.3 Å². The molecule has 0 bridgehead atoms. The second kappa shape index (κ2) is 12.3. The van der Waals surface area contributed by atoms with Crippen LogP contribution in [0.25, 0.3) is 10.9 Å². The highest BCUT2D eigenvalue weighted by Crippen LogP contribution is 2.39. The summed E-state index contributed by atoms with van der Waals surface area (Å²) in [5, 5.41) is 32.1. The van der Waals surface area contributed by atoms with Crippen LogP contribution in [-0.4, -0.2) is 65.2 Å². The van der Waals surface area contributed by atoms with Gasteiger partial charge in [0, 0.05) is 42.4 Å². The number of rotatable bonds is 11. The molecule has 0 spiro atoms. The Kier molecular flexibility index (Phi) is 9.09. The van der Waals surface area contributed by atoms with Crippen LogP contribution in [0, 0.1) is 22.9 Å². The molecule has 2 heterocycles. The average molecular weight is 535 g/mol. The fourth-order valence-corrected chi connectivity index (χ4v) is 5.13. The van der Waals surface area contributed by atoms with E-state index in [1.807, 2.05) is 0 Å². The number of benzene rings is 2. The van der Waals surface area contributed by atoms with Crippen LogP contribution in [0.1, 0.15) is 42.9 Å². The molecule has 3 N–H and O–H groups in total. The Hall–Kier alpha value is -2.92. The van der Waals surface area contributed by atoms with Crippen molar-refractivity contribution in [1.29, 1.82) is 0 Å². The Labute approximate surface area is 219 Å². The molecule has 38 heavy (non-hydrogen) atoms. The lowest BCUT2D eigenvalue weighted by molar-refractivity contribution is 0.0202. The molecular formula is C28H33F3N2O5. The normalized spacial score (nSPS) is 16.5. The molecule has 0 aliphatic carbocycles. The van der Waals surface area contributed by atoms with Gasteiger partial charge in [-0.3, -0.25) is 9.88 Å². The van der Waals surface area contributed by atoms with Crippen molar-refractivity contribution >= 4 is 10.9 Å². The molecule has 1 fully saturated rings. The van der Waals surface area contributed by atoms with Crippen molar-refractivity contribution in [2.45, 2.75) is 38.4 Å². The summed E-state index contributed by atoms with van der Waals surface area (Å²) < 4.78 is 51.1. The zero-order valence-corrected chi connectivity index (χ0v) is 21.3. The van der Waals surface area contributed by atoms with Crippen molar-refractivity contribution in [2.24, 2.45) is 5.41 Å². The number of methoxy groups -OCH3 is 1. The van der Waals surface area contributed by atoms with E-state index in [2.05, 4.69) is 9.88 Å². The average Bonchev–Trinajstić information content (AvgIpc) is 2.94. The summed E-state index contributed by atoms with van der Waals surface area (Å²) in [6.07, 6.45) is 3.01. The molecule has 1 aliphatic heterocycles. The van der Waals surface area contributed by atoms with Crippen molar-refractivity contribution < 1.29 is 38.0 Å². The molecule has 7 nitrogen and oxygen atoms in total. The first kappa shape index (κ1) is 28.1. The van der Waals surface area contributed by atoms with E-state index in [1.54, 1.807) is 31.5 Å². The van der Waals surface area contributed by atoms with Crippen molar-refractivity contribution in [3.8, 4) is 11.5 Å². The van der Waals surface area contributed by atoms with E-state index in [1.165, 1.54) is 0 Å². The number of hydrogen-bond acceptors (Lipinski definition) is 7. The number of halogens is 3. The molecule has 0 radical (unpaired) electrons. The van der Waals surface area contributed by atoms with Gasteiger partial charge in [0.25, 0.3) is 0 Å². The van der Waals surface area contributed by atoms with Crippen LogP contribution in [-0.2, 0) is 6.61 Å². The monoisotopic (exact) mass is 534 g/mol. The topological polar surface area (TPSA) is 95.3 Å². The quantitative estimate of drug-likeness (QED) is 0.319. The summed E-state index contributed by atoms with van der Waals surface area (Å²) >= 11 is 0.